The molecule has 2 aromatic rings. The van der Waals surface area contributed by atoms with Crippen molar-refractivity contribution in [1.82, 2.24) is 4.90 Å². The topological polar surface area (TPSA) is 55.0 Å². The number of aryl methyl sites for hydroxylation is 1. The molecule has 5 nitrogen and oxygen atoms in total. The van der Waals surface area contributed by atoms with E-state index in [1.807, 2.05) is 43.3 Å². The van der Waals surface area contributed by atoms with Crippen LogP contribution in [0.25, 0.3) is 6.08 Å². The Balaban J connectivity index is 1.92. The second-order valence-corrected chi connectivity index (χ2v) is 7.47. The molecule has 0 saturated carbocycles. The maximum absolute atomic E-state index is 12.8. The number of amidine groups is 1. The highest BCUT2D eigenvalue weighted by atomic mass is 32.2. The number of aliphatic imine (C=N–C) groups is 1. The van der Waals surface area contributed by atoms with E-state index in [2.05, 4.69) is 18.8 Å². The molecule has 1 amide bonds. The summed E-state index contributed by atoms with van der Waals surface area (Å²) in [5, 5.41) is 0.684. The molecular formula is C20H22N2O3S. The van der Waals surface area contributed by atoms with E-state index in [-0.39, 0.29) is 5.91 Å². The zero-order valence-electron chi connectivity index (χ0n) is 15.4. The Morgan fingerprint density at radius 1 is 1.23 bits per heavy atom. The molecule has 136 valence electrons. The van der Waals surface area contributed by atoms with Gasteiger partial charge in [-0.15, -0.1) is 0 Å². The second-order valence-electron chi connectivity index (χ2n) is 6.46. The van der Waals surface area contributed by atoms with Crippen molar-refractivity contribution in [2.24, 2.45) is 10.9 Å². The lowest BCUT2D eigenvalue weighted by atomic mass is 10.2. The van der Waals surface area contributed by atoms with Gasteiger partial charge < -0.3 is 9.15 Å². The number of rotatable bonds is 5. The van der Waals surface area contributed by atoms with Crippen LogP contribution in [0.5, 0.6) is 5.75 Å². The molecule has 26 heavy (non-hydrogen) atoms. The van der Waals surface area contributed by atoms with E-state index >= 15 is 0 Å². The maximum atomic E-state index is 12.8. The molecule has 0 aliphatic carbocycles. The fourth-order valence-corrected chi connectivity index (χ4v) is 3.53. The van der Waals surface area contributed by atoms with Crippen LogP contribution in [0.15, 0.2) is 50.7 Å². The van der Waals surface area contributed by atoms with Crippen molar-refractivity contribution >= 4 is 34.6 Å². The predicted octanol–water partition coefficient (Wildman–Crippen LogP) is 4.86. The number of hydrogen-bond acceptors (Lipinski definition) is 5. The summed E-state index contributed by atoms with van der Waals surface area (Å²) in [6.45, 7) is 6.67. The van der Waals surface area contributed by atoms with Gasteiger partial charge in [0.2, 0.25) is 0 Å². The van der Waals surface area contributed by atoms with Gasteiger partial charge in [-0.05, 0) is 61.0 Å². The smallest absolute Gasteiger partial charge is 0.266 e. The van der Waals surface area contributed by atoms with Gasteiger partial charge in [0.25, 0.3) is 5.91 Å². The number of carbonyl (C=O) groups is 1. The molecule has 1 aliphatic heterocycles. The van der Waals surface area contributed by atoms with E-state index in [0.717, 1.165) is 17.2 Å². The van der Waals surface area contributed by atoms with E-state index in [1.165, 1.54) is 11.8 Å². The average molecular weight is 370 g/mol. The first kappa shape index (κ1) is 18.3. The minimum Gasteiger partial charge on any atom is -0.497 e. The van der Waals surface area contributed by atoms with E-state index < -0.39 is 0 Å². The first-order valence-corrected chi connectivity index (χ1v) is 9.28. The van der Waals surface area contributed by atoms with Crippen LogP contribution in [0.3, 0.4) is 0 Å². The number of ether oxygens (including phenoxy) is 1. The quantitative estimate of drug-likeness (QED) is 0.706. The van der Waals surface area contributed by atoms with Crippen LogP contribution in [0.1, 0.15) is 25.4 Å². The van der Waals surface area contributed by atoms with Crippen LogP contribution in [-0.4, -0.2) is 29.6 Å². The van der Waals surface area contributed by atoms with Crippen LogP contribution in [-0.2, 0) is 4.79 Å². The molecule has 0 unspecified atom stereocenters. The number of benzene rings is 1. The minimum absolute atomic E-state index is 0.0370. The molecule has 1 saturated heterocycles. The molecule has 6 heteroatoms. The number of nitrogens with zero attached hydrogens (tertiary/aromatic N) is 2. The molecule has 1 aromatic carbocycles. The zero-order chi connectivity index (χ0) is 18.7. The number of hydrogen-bond donors (Lipinski definition) is 0. The number of methoxy groups -OCH3 is 1. The van der Waals surface area contributed by atoms with Crippen molar-refractivity contribution in [2.75, 3.05) is 13.7 Å². The van der Waals surface area contributed by atoms with Crippen LogP contribution in [0.2, 0.25) is 0 Å². The van der Waals surface area contributed by atoms with Crippen LogP contribution >= 0.6 is 11.8 Å². The second kappa shape index (κ2) is 7.83. The number of carbonyl (C=O) groups excluding carboxylic acids is 1. The third kappa shape index (κ3) is 4.19. The third-order valence-corrected chi connectivity index (χ3v) is 4.77. The van der Waals surface area contributed by atoms with Crippen LogP contribution in [0.4, 0.5) is 5.69 Å². The van der Waals surface area contributed by atoms with Gasteiger partial charge in [-0.3, -0.25) is 9.69 Å². The Morgan fingerprint density at radius 2 is 1.96 bits per heavy atom. The van der Waals surface area contributed by atoms with Gasteiger partial charge in [0.15, 0.2) is 5.17 Å². The fourth-order valence-electron chi connectivity index (χ4n) is 2.54. The molecular weight excluding hydrogens is 348 g/mol. The standard InChI is InChI=1S/C20H22N2O3S/c1-13(2)12-22-19(23)18(11-17-8-5-14(3)25-17)26-20(22)21-15-6-9-16(24-4)10-7-15/h5-11,13H,12H2,1-4H3/b18-11-,21-20?. The molecule has 0 atom stereocenters. The highest BCUT2D eigenvalue weighted by molar-refractivity contribution is 8.18. The third-order valence-electron chi connectivity index (χ3n) is 3.77. The summed E-state index contributed by atoms with van der Waals surface area (Å²) < 4.78 is 10.8. The lowest BCUT2D eigenvalue weighted by Crippen LogP contribution is -2.32. The summed E-state index contributed by atoms with van der Waals surface area (Å²) in [5.74, 6) is 2.57. The van der Waals surface area contributed by atoms with Gasteiger partial charge in [-0.2, -0.15) is 0 Å². The number of amides is 1. The van der Waals surface area contributed by atoms with Gasteiger partial charge in [-0.25, -0.2) is 4.99 Å². The Morgan fingerprint density at radius 3 is 2.54 bits per heavy atom. The molecule has 0 spiro atoms. The highest BCUT2D eigenvalue weighted by Crippen LogP contribution is 2.35. The SMILES string of the molecule is COc1ccc(N=C2S/C(=C\c3ccc(C)o3)C(=O)N2CC(C)C)cc1. The lowest BCUT2D eigenvalue weighted by molar-refractivity contribution is -0.122. The lowest BCUT2D eigenvalue weighted by Gasteiger charge is -2.17. The number of thioether (sulfide) groups is 1. The van der Waals surface area contributed by atoms with Crippen molar-refractivity contribution in [1.29, 1.82) is 0 Å². The first-order valence-electron chi connectivity index (χ1n) is 8.47. The van der Waals surface area contributed by atoms with E-state index in [0.29, 0.717) is 28.3 Å². The Labute approximate surface area is 157 Å². The van der Waals surface area contributed by atoms with Crippen LogP contribution < -0.4 is 4.74 Å². The van der Waals surface area contributed by atoms with Crippen molar-refractivity contribution in [3.63, 3.8) is 0 Å². The van der Waals surface area contributed by atoms with E-state index in [9.17, 15) is 4.79 Å². The monoisotopic (exact) mass is 370 g/mol. The molecule has 0 N–H and O–H groups in total. The molecule has 1 fully saturated rings. The summed E-state index contributed by atoms with van der Waals surface area (Å²) in [4.78, 5) is 19.9. The van der Waals surface area contributed by atoms with E-state index in [4.69, 9.17) is 9.15 Å². The molecule has 1 aromatic heterocycles. The van der Waals surface area contributed by atoms with Gasteiger partial charge >= 0.3 is 0 Å². The molecule has 0 radical (unpaired) electrons. The van der Waals surface area contributed by atoms with Gasteiger partial charge in [0, 0.05) is 12.6 Å². The van der Waals surface area contributed by atoms with Gasteiger partial charge in [-0.1, -0.05) is 13.8 Å². The largest absolute Gasteiger partial charge is 0.497 e. The minimum atomic E-state index is -0.0370. The number of furan rings is 1. The average Bonchev–Trinajstić information content (AvgIpc) is 3.14. The van der Waals surface area contributed by atoms with Crippen molar-refractivity contribution < 1.29 is 13.9 Å². The van der Waals surface area contributed by atoms with Crippen LogP contribution in [0, 0.1) is 12.8 Å². The Kier molecular flexibility index (Phi) is 5.52. The summed E-state index contributed by atoms with van der Waals surface area (Å²) in [6.07, 6.45) is 1.78. The molecule has 3 rings (SSSR count). The van der Waals surface area contributed by atoms with E-state index in [1.54, 1.807) is 18.1 Å². The summed E-state index contributed by atoms with van der Waals surface area (Å²) in [7, 11) is 1.63. The Bertz CT molecular complexity index is 850. The normalized spacial score (nSPS) is 17.7. The van der Waals surface area contributed by atoms with Crippen molar-refractivity contribution in [3.05, 3.63) is 52.8 Å². The summed E-state index contributed by atoms with van der Waals surface area (Å²) >= 11 is 1.37. The maximum Gasteiger partial charge on any atom is 0.266 e. The first-order chi connectivity index (χ1) is 12.5. The van der Waals surface area contributed by atoms with Gasteiger partial charge in [0.1, 0.15) is 17.3 Å². The predicted molar refractivity (Wildman–Crippen MR) is 106 cm³/mol. The van der Waals surface area contributed by atoms with Crippen molar-refractivity contribution in [2.45, 2.75) is 20.8 Å². The summed E-state index contributed by atoms with van der Waals surface area (Å²) in [6, 6.07) is 11.2. The summed E-state index contributed by atoms with van der Waals surface area (Å²) in [5.41, 5.74) is 0.782. The van der Waals surface area contributed by atoms with Gasteiger partial charge in [0.05, 0.1) is 17.7 Å². The Hall–Kier alpha value is -2.47. The zero-order valence-corrected chi connectivity index (χ0v) is 16.2. The fraction of sp³-hybridized carbons (Fsp3) is 0.300. The molecule has 2 heterocycles. The molecule has 0 bridgehead atoms. The molecule has 1 aliphatic rings. The van der Waals surface area contributed by atoms with Crippen molar-refractivity contribution in [3.8, 4) is 5.75 Å². The highest BCUT2D eigenvalue weighted by Gasteiger charge is 2.34.